The van der Waals surface area contributed by atoms with Crippen LogP contribution in [0.15, 0.2) is 18.3 Å². The van der Waals surface area contributed by atoms with Gasteiger partial charge in [0.15, 0.2) is 0 Å². The van der Waals surface area contributed by atoms with Gasteiger partial charge in [0.2, 0.25) is 0 Å². The predicted molar refractivity (Wildman–Crippen MR) is 74.9 cm³/mol. The molecule has 2 fully saturated rings. The molecule has 0 bridgehead atoms. The molecule has 0 spiro atoms. The Morgan fingerprint density at radius 3 is 2.67 bits per heavy atom. The SMILES string of the molecule is c1cnc(N2CCCCCC2)c([C@@H]2CCCN2)c1. The Labute approximate surface area is 110 Å². The lowest BCUT2D eigenvalue weighted by Gasteiger charge is -2.26. The number of hydrogen-bond donors (Lipinski definition) is 1. The number of pyridine rings is 1. The van der Waals surface area contributed by atoms with Crippen LogP contribution in [-0.2, 0) is 0 Å². The van der Waals surface area contributed by atoms with Gasteiger partial charge in [0.1, 0.15) is 5.82 Å². The highest BCUT2D eigenvalue weighted by Crippen LogP contribution is 2.30. The monoisotopic (exact) mass is 245 g/mol. The summed E-state index contributed by atoms with van der Waals surface area (Å²) >= 11 is 0. The summed E-state index contributed by atoms with van der Waals surface area (Å²) in [5.41, 5.74) is 1.41. The van der Waals surface area contributed by atoms with Crippen LogP contribution in [0.25, 0.3) is 0 Å². The summed E-state index contributed by atoms with van der Waals surface area (Å²) in [6.07, 6.45) is 9.87. The molecule has 1 N–H and O–H groups in total. The first-order valence-corrected chi connectivity index (χ1v) is 7.38. The van der Waals surface area contributed by atoms with E-state index in [9.17, 15) is 0 Å². The van der Waals surface area contributed by atoms with E-state index in [1.807, 2.05) is 6.20 Å². The Morgan fingerprint density at radius 2 is 1.94 bits per heavy atom. The van der Waals surface area contributed by atoms with Crippen LogP contribution in [-0.4, -0.2) is 24.6 Å². The summed E-state index contributed by atoms with van der Waals surface area (Å²) < 4.78 is 0. The number of nitrogens with one attached hydrogen (secondary N) is 1. The maximum Gasteiger partial charge on any atom is 0.133 e. The maximum atomic E-state index is 4.67. The fourth-order valence-electron chi connectivity index (χ4n) is 3.18. The van der Waals surface area contributed by atoms with E-state index in [4.69, 9.17) is 0 Å². The summed E-state index contributed by atoms with van der Waals surface area (Å²) in [4.78, 5) is 7.18. The third-order valence-corrected chi connectivity index (χ3v) is 4.16. The Kier molecular flexibility index (Phi) is 3.79. The molecule has 0 unspecified atom stereocenters. The van der Waals surface area contributed by atoms with Crippen LogP contribution in [0.2, 0.25) is 0 Å². The molecule has 0 aromatic carbocycles. The molecule has 0 radical (unpaired) electrons. The van der Waals surface area contributed by atoms with Gasteiger partial charge >= 0.3 is 0 Å². The summed E-state index contributed by atoms with van der Waals surface area (Å²) in [6.45, 7) is 3.51. The molecule has 18 heavy (non-hydrogen) atoms. The number of aromatic nitrogens is 1. The van der Waals surface area contributed by atoms with Crippen molar-refractivity contribution in [1.29, 1.82) is 0 Å². The van der Waals surface area contributed by atoms with Crippen molar-refractivity contribution in [3.05, 3.63) is 23.9 Å². The van der Waals surface area contributed by atoms with Gasteiger partial charge in [-0.3, -0.25) is 0 Å². The smallest absolute Gasteiger partial charge is 0.133 e. The molecule has 2 aliphatic heterocycles. The second kappa shape index (κ2) is 5.70. The Hall–Kier alpha value is -1.09. The standard InChI is InChI=1S/C15H23N3/c1-2-4-12-18(11-3-1)15-13(7-5-10-17-15)14-8-6-9-16-14/h5,7,10,14,16H,1-4,6,8-9,11-12H2/t14-/m0/s1. The number of anilines is 1. The summed E-state index contributed by atoms with van der Waals surface area (Å²) in [7, 11) is 0. The molecular weight excluding hydrogens is 222 g/mol. The fraction of sp³-hybridized carbons (Fsp3) is 0.667. The highest BCUT2D eigenvalue weighted by atomic mass is 15.2. The largest absolute Gasteiger partial charge is 0.356 e. The fourth-order valence-corrected chi connectivity index (χ4v) is 3.18. The molecule has 1 aromatic rings. The molecule has 98 valence electrons. The lowest BCUT2D eigenvalue weighted by Crippen LogP contribution is -2.27. The van der Waals surface area contributed by atoms with Crippen LogP contribution in [0.5, 0.6) is 0 Å². The van der Waals surface area contributed by atoms with E-state index in [0.29, 0.717) is 6.04 Å². The van der Waals surface area contributed by atoms with E-state index >= 15 is 0 Å². The van der Waals surface area contributed by atoms with E-state index in [2.05, 4.69) is 27.3 Å². The minimum atomic E-state index is 0.525. The lowest BCUT2D eigenvalue weighted by molar-refractivity contribution is 0.637. The lowest BCUT2D eigenvalue weighted by atomic mass is 10.1. The van der Waals surface area contributed by atoms with E-state index in [1.54, 1.807) is 0 Å². The second-order valence-corrected chi connectivity index (χ2v) is 5.47. The highest BCUT2D eigenvalue weighted by Gasteiger charge is 2.22. The van der Waals surface area contributed by atoms with Gasteiger partial charge in [0.05, 0.1) is 0 Å². The molecule has 3 heteroatoms. The van der Waals surface area contributed by atoms with Gasteiger partial charge in [-0.15, -0.1) is 0 Å². The minimum Gasteiger partial charge on any atom is -0.356 e. The molecule has 0 amide bonds. The molecule has 3 heterocycles. The van der Waals surface area contributed by atoms with Crippen LogP contribution in [0.4, 0.5) is 5.82 Å². The Bertz CT molecular complexity index is 377. The molecular formula is C15H23N3. The van der Waals surface area contributed by atoms with Gasteiger partial charge in [0, 0.05) is 30.9 Å². The normalized spacial score (nSPS) is 25.1. The topological polar surface area (TPSA) is 28.2 Å². The molecule has 1 atom stereocenters. The van der Waals surface area contributed by atoms with Gasteiger partial charge in [-0.05, 0) is 38.3 Å². The van der Waals surface area contributed by atoms with Crippen LogP contribution < -0.4 is 10.2 Å². The van der Waals surface area contributed by atoms with Crippen molar-refractivity contribution in [1.82, 2.24) is 10.3 Å². The zero-order valence-electron chi connectivity index (χ0n) is 11.1. The van der Waals surface area contributed by atoms with Gasteiger partial charge in [-0.2, -0.15) is 0 Å². The van der Waals surface area contributed by atoms with Crippen molar-refractivity contribution in [2.24, 2.45) is 0 Å². The van der Waals surface area contributed by atoms with E-state index in [1.165, 1.54) is 63.0 Å². The van der Waals surface area contributed by atoms with Crippen molar-refractivity contribution in [2.75, 3.05) is 24.5 Å². The van der Waals surface area contributed by atoms with Gasteiger partial charge in [-0.25, -0.2) is 4.98 Å². The molecule has 3 rings (SSSR count). The average Bonchev–Trinajstić information content (AvgIpc) is 2.81. The van der Waals surface area contributed by atoms with Crippen molar-refractivity contribution < 1.29 is 0 Å². The van der Waals surface area contributed by atoms with Crippen molar-refractivity contribution >= 4 is 5.82 Å². The molecule has 0 saturated carbocycles. The zero-order valence-corrected chi connectivity index (χ0v) is 11.1. The third kappa shape index (κ3) is 2.51. The summed E-state index contributed by atoms with van der Waals surface area (Å²) in [5.74, 6) is 1.24. The van der Waals surface area contributed by atoms with Crippen molar-refractivity contribution in [3.8, 4) is 0 Å². The first-order chi connectivity index (χ1) is 8.95. The molecule has 1 aromatic heterocycles. The minimum absolute atomic E-state index is 0.525. The van der Waals surface area contributed by atoms with Gasteiger partial charge in [-0.1, -0.05) is 18.9 Å². The van der Waals surface area contributed by atoms with E-state index in [-0.39, 0.29) is 0 Å². The Balaban J connectivity index is 1.85. The van der Waals surface area contributed by atoms with Crippen molar-refractivity contribution in [2.45, 2.75) is 44.6 Å². The first-order valence-electron chi connectivity index (χ1n) is 7.38. The van der Waals surface area contributed by atoms with Crippen LogP contribution in [0.1, 0.15) is 50.1 Å². The third-order valence-electron chi connectivity index (χ3n) is 4.16. The van der Waals surface area contributed by atoms with Crippen LogP contribution >= 0.6 is 0 Å². The Morgan fingerprint density at radius 1 is 1.11 bits per heavy atom. The van der Waals surface area contributed by atoms with E-state index in [0.717, 1.165) is 6.54 Å². The zero-order chi connectivity index (χ0) is 12.2. The highest BCUT2D eigenvalue weighted by molar-refractivity contribution is 5.48. The summed E-state index contributed by atoms with van der Waals surface area (Å²) in [6, 6.07) is 4.87. The van der Waals surface area contributed by atoms with Crippen molar-refractivity contribution in [3.63, 3.8) is 0 Å². The number of hydrogen-bond acceptors (Lipinski definition) is 3. The van der Waals surface area contributed by atoms with Gasteiger partial charge < -0.3 is 10.2 Å². The van der Waals surface area contributed by atoms with Gasteiger partial charge in [0.25, 0.3) is 0 Å². The van der Waals surface area contributed by atoms with E-state index < -0.39 is 0 Å². The molecule has 3 nitrogen and oxygen atoms in total. The second-order valence-electron chi connectivity index (χ2n) is 5.47. The first kappa shape index (κ1) is 12.0. The van der Waals surface area contributed by atoms with Crippen LogP contribution in [0, 0.1) is 0 Å². The summed E-state index contributed by atoms with van der Waals surface area (Å²) in [5, 5.41) is 3.60. The average molecular weight is 245 g/mol. The predicted octanol–water partition coefficient (Wildman–Crippen LogP) is 2.89. The number of nitrogens with zero attached hydrogens (tertiary/aromatic N) is 2. The van der Waals surface area contributed by atoms with Crippen LogP contribution in [0.3, 0.4) is 0 Å². The molecule has 0 aliphatic carbocycles. The maximum absolute atomic E-state index is 4.67. The molecule has 2 aliphatic rings. The molecule has 2 saturated heterocycles. The quantitative estimate of drug-likeness (QED) is 0.868. The number of rotatable bonds is 2.